The van der Waals surface area contributed by atoms with Crippen LogP contribution in [0.3, 0.4) is 0 Å². The van der Waals surface area contributed by atoms with Crippen LogP contribution in [0.2, 0.25) is 0 Å². The Balaban J connectivity index is 1.85. The SMILES string of the molecule is COc1ccc(CN2C(=O)CCSC2c2ccc(NC(C)=O)cc2)c(OC)c1. The number of ether oxygens (including phenoxy) is 2. The van der Waals surface area contributed by atoms with Crippen molar-refractivity contribution in [3.8, 4) is 11.5 Å². The summed E-state index contributed by atoms with van der Waals surface area (Å²) in [7, 11) is 3.23. The van der Waals surface area contributed by atoms with Gasteiger partial charge in [-0.25, -0.2) is 0 Å². The monoisotopic (exact) mass is 400 g/mol. The predicted molar refractivity (Wildman–Crippen MR) is 111 cm³/mol. The number of methoxy groups -OCH3 is 2. The fourth-order valence-electron chi connectivity index (χ4n) is 3.17. The fraction of sp³-hybridized carbons (Fsp3) is 0.333. The van der Waals surface area contributed by atoms with Crippen molar-refractivity contribution in [3.63, 3.8) is 0 Å². The van der Waals surface area contributed by atoms with Crippen LogP contribution in [0, 0.1) is 0 Å². The van der Waals surface area contributed by atoms with Crippen LogP contribution in [0.25, 0.3) is 0 Å². The van der Waals surface area contributed by atoms with Crippen molar-refractivity contribution >= 4 is 29.3 Å². The molecule has 0 radical (unpaired) electrons. The molecule has 1 saturated heterocycles. The van der Waals surface area contributed by atoms with E-state index in [2.05, 4.69) is 5.32 Å². The molecule has 2 aromatic rings. The topological polar surface area (TPSA) is 67.9 Å². The molecule has 0 bridgehead atoms. The van der Waals surface area contributed by atoms with E-state index >= 15 is 0 Å². The highest BCUT2D eigenvalue weighted by atomic mass is 32.2. The average Bonchev–Trinajstić information content (AvgIpc) is 2.70. The predicted octanol–water partition coefficient (Wildman–Crippen LogP) is 3.83. The van der Waals surface area contributed by atoms with Gasteiger partial charge in [0.2, 0.25) is 11.8 Å². The summed E-state index contributed by atoms with van der Waals surface area (Å²) in [6, 6.07) is 13.3. The number of amides is 2. The number of thioether (sulfide) groups is 1. The van der Waals surface area contributed by atoms with Gasteiger partial charge in [-0.1, -0.05) is 12.1 Å². The molecule has 0 saturated carbocycles. The van der Waals surface area contributed by atoms with E-state index in [1.165, 1.54) is 6.92 Å². The van der Waals surface area contributed by atoms with Gasteiger partial charge >= 0.3 is 0 Å². The molecule has 2 aromatic carbocycles. The first-order valence-corrected chi connectivity index (χ1v) is 10.1. The van der Waals surface area contributed by atoms with Gasteiger partial charge in [0.15, 0.2) is 0 Å². The molecule has 0 spiro atoms. The Morgan fingerprint density at radius 1 is 1.18 bits per heavy atom. The van der Waals surface area contributed by atoms with E-state index in [0.29, 0.717) is 24.5 Å². The van der Waals surface area contributed by atoms with Gasteiger partial charge in [0.1, 0.15) is 16.9 Å². The molecule has 1 N–H and O–H groups in total. The van der Waals surface area contributed by atoms with E-state index in [4.69, 9.17) is 9.47 Å². The molecule has 3 rings (SSSR count). The standard InChI is InChI=1S/C21H24N2O4S/c1-14(24)22-17-7-4-15(5-8-17)21-23(20(25)10-11-28-21)13-16-6-9-18(26-2)12-19(16)27-3/h4-9,12,21H,10-11,13H2,1-3H3,(H,22,24). The molecule has 1 heterocycles. The fourth-order valence-corrected chi connectivity index (χ4v) is 4.41. The Morgan fingerprint density at radius 2 is 1.93 bits per heavy atom. The van der Waals surface area contributed by atoms with Crippen LogP contribution >= 0.6 is 11.8 Å². The maximum atomic E-state index is 12.7. The molecular formula is C21H24N2O4S. The van der Waals surface area contributed by atoms with Crippen molar-refractivity contribution in [2.45, 2.75) is 25.3 Å². The first-order valence-electron chi connectivity index (χ1n) is 9.01. The molecule has 2 amide bonds. The minimum Gasteiger partial charge on any atom is -0.497 e. The molecule has 1 aliphatic rings. The van der Waals surface area contributed by atoms with Gasteiger partial charge in [0, 0.05) is 36.4 Å². The summed E-state index contributed by atoms with van der Waals surface area (Å²) >= 11 is 1.74. The Morgan fingerprint density at radius 3 is 2.57 bits per heavy atom. The van der Waals surface area contributed by atoms with Crippen LogP contribution in [0.1, 0.15) is 29.8 Å². The molecule has 0 aromatic heterocycles. The van der Waals surface area contributed by atoms with E-state index in [0.717, 1.165) is 22.6 Å². The van der Waals surface area contributed by atoms with Crippen molar-refractivity contribution < 1.29 is 19.1 Å². The highest BCUT2D eigenvalue weighted by Gasteiger charge is 2.30. The molecule has 1 aliphatic heterocycles. The highest BCUT2D eigenvalue weighted by Crippen LogP contribution is 2.39. The number of hydrogen-bond acceptors (Lipinski definition) is 5. The normalized spacial score (nSPS) is 16.6. The zero-order chi connectivity index (χ0) is 20.1. The van der Waals surface area contributed by atoms with Crippen LogP contribution in [-0.2, 0) is 16.1 Å². The third-order valence-corrected chi connectivity index (χ3v) is 5.83. The summed E-state index contributed by atoms with van der Waals surface area (Å²) in [6.07, 6.45) is 0.517. The molecule has 0 aliphatic carbocycles. The maximum absolute atomic E-state index is 12.7. The van der Waals surface area contributed by atoms with Crippen LogP contribution < -0.4 is 14.8 Å². The third-order valence-electron chi connectivity index (χ3n) is 4.55. The quantitative estimate of drug-likeness (QED) is 0.798. The number of hydrogen-bond donors (Lipinski definition) is 1. The summed E-state index contributed by atoms with van der Waals surface area (Å²) in [4.78, 5) is 25.8. The Kier molecular flexibility index (Phi) is 6.46. The second-order valence-electron chi connectivity index (χ2n) is 6.48. The van der Waals surface area contributed by atoms with Crippen molar-refractivity contribution in [3.05, 3.63) is 53.6 Å². The maximum Gasteiger partial charge on any atom is 0.224 e. The van der Waals surface area contributed by atoms with Crippen molar-refractivity contribution in [1.82, 2.24) is 4.90 Å². The van der Waals surface area contributed by atoms with E-state index in [1.807, 2.05) is 47.4 Å². The third kappa shape index (κ3) is 4.59. The number of carbonyl (C=O) groups excluding carboxylic acids is 2. The highest BCUT2D eigenvalue weighted by molar-refractivity contribution is 7.99. The molecule has 28 heavy (non-hydrogen) atoms. The Hall–Kier alpha value is -2.67. The lowest BCUT2D eigenvalue weighted by atomic mass is 10.1. The van der Waals surface area contributed by atoms with Gasteiger partial charge in [-0.15, -0.1) is 11.8 Å². The van der Waals surface area contributed by atoms with Gasteiger partial charge in [0.25, 0.3) is 0 Å². The number of benzene rings is 2. The Labute approximate surface area is 169 Å². The van der Waals surface area contributed by atoms with E-state index < -0.39 is 0 Å². The minimum absolute atomic E-state index is 0.0839. The van der Waals surface area contributed by atoms with Gasteiger partial charge in [-0.2, -0.15) is 0 Å². The molecule has 148 valence electrons. The number of anilines is 1. The van der Waals surface area contributed by atoms with Crippen molar-refractivity contribution in [1.29, 1.82) is 0 Å². The second-order valence-corrected chi connectivity index (χ2v) is 7.66. The smallest absolute Gasteiger partial charge is 0.224 e. The lowest BCUT2D eigenvalue weighted by molar-refractivity contribution is -0.132. The van der Waals surface area contributed by atoms with E-state index in [9.17, 15) is 9.59 Å². The first-order chi connectivity index (χ1) is 13.5. The van der Waals surface area contributed by atoms with Crippen LogP contribution in [0.4, 0.5) is 5.69 Å². The molecule has 1 atom stereocenters. The van der Waals surface area contributed by atoms with E-state index in [-0.39, 0.29) is 17.2 Å². The number of carbonyl (C=O) groups is 2. The van der Waals surface area contributed by atoms with E-state index in [1.54, 1.807) is 26.0 Å². The average molecular weight is 401 g/mol. The number of nitrogens with one attached hydrogen (secondary N) is 1. The van der Waals surface area contributed by atoms with Gasteiger partial charge < -0.3 is 19.7 Å². The summed E-state index contributed by atoms with van der Waals surface area (Å²) in [5, 5.41) is 2.68. The lowest BCUT2D eigenvalue weighted by Crippen LogP contribution is -2.36. The number of nitrogens with zero attached hydrogens (tertiary/aromatic N) is 1. The Bertz CT molecular complexity index is 854. The summed E-state index contributed by atoms with van der Waals surface area (Å²) in [6.45, 7) is 1.94. The zero-order valence-corrected chi connectivity index (χ0v) is 17.0. The van der Waals surface area contributed by atoms with Gasteiger partial charge in [-0.3, -0.25) is 9.59 Å². The van der Waals surface area contributed by atoms with Gasteiger partial charge in [-0.05, 0) is 29.8 Å². The molecule has 1 fully saturated rings. The summed E-state index contributed by atoms with van der Waals surface area (Å²) < 4.78 is 10.8. The minimum atomic E-state index is -0.108. The van der Waals surface area contributed by atoms with Gasteiger partial charge in [0.05, 0.1) is 20.8 Å². The molecular weight excluding hydrogens is 376 g/mol. The molecule has 7 heteroatoms. The second kappa shape index (κ2) is 9.01. The van der Waals surface area contributed by atoms with Crippen molar-refractivity contribution in [2.75, 3.05) is 25.3 Å². The largest absolute Gasteiger partial charge is 0.497 e. The number of rotatable bonds is 6. The molecule has 1 unspecified atom stereocenters. The lowest BCUT2D eigenvalue weighted by Gasteiger charge is -2.36. The first kappa shape index (κ1) is 20.1. The summed E-state index contributed by atoms with van der Waals surface area (Å²) in [5.74, 6) is 2.20. The van der Waals surface area contributed by atoms with Crippen LogP contribution in [0.15, 0.2) is 42.5 Å². The van der Waals surface area contributed by atoms with Crippen LogP contribution in [0.5, 0.6) is 11.5 Å². The zero-order valence-electron chi connectivity index (χ0n) is 16.2. The molecule has 6 nitrogen and oxygen atoms in total. The summed E-state index contributed by atoms with van der Waals surface area (Å²) in [5.41, 5.74) is 2.70. The van der Waals surface area contributed by atoms with Crippen molar-refractivity contribution in [2.24, 2.45) is 0 Å². The van der Waals surface area contributed by atoms with Crippen LogP contribution in [-0.4, -0.2) is 36.7 Å².